The molecule has 10 atom stereocenters. The predicted molar refractivity (Wildman–Crippen MR) is 346 cm³/mol. The van der Waals surface area contributed by atoms with Crippen LogP contribution in [0.25, 0.3) is 0 Å². The Hall–Kier alpha value is -1.05. The first-order valence-electron chi connectivity index (χ1n) is 33.8. The average molecular weight is 1890 g/mol. The van der Waals surface area contributed by atoms with Gasteiger partial charge in [-0.1, -0.05) is 0 Å². The van der Waals surface area contributed by atoms with Crippen molar-refractivity contribution in [3.8, 4) is 0 Å². The number of halogens is 32. The van der Waals surface area contributed by atoms with Crippen LogP contribution >= 0.6 is 0 Å². The molecule has 0 spiro atoms. The van der Waals surface area contributed by atoms with Crippen LogP contribution in [0.15, 0.2) is 0 Å². The van der Waals surface area contributed by atoms with Crippen molar-refractivity contribution in [2.24, 2.45) is 0 Å². The third kappa shape index (κ3) is 35.0. The van der Waals surface area contributed by atoms with Crippen LogP contribution in [-0.2, 0) is 85.2 Å². The molecule has 2 saturated heterocycles. The first-order chi connectivity index (χ1) is 50.3. The molecule has 0 aromatic heterocycles. The summed E-state index contributed by atoms with van der Waals surface area (Å²) in [6, 6.07) is -15.3. The summed E-state index contributed by atoms with van der Waals surface area (Å²) in [5, 5.41) is 0. The van der Waals surface area contributed by atoms with E-state index in [1.807, 2.05) is 13.1 Å². The lowest BCUT2D eigenvalue weighted by atomic mass is 10.2. The number of hydrogen-bond donors (Lipinski definition) is 0. The molecular weight excluding hydrogens is 1800 g/mol. The van der Waals surface area contributed by atoms with E-state index in [1.54, 1.807) is 17.8 Å². The second-order valence-electron chi connectivity index (χ2n) is 28.6. The summed E-state index contributed by atoms with van der Waals surface area (Å²) in [5.74, 6) is -24.0. The molecule has 2 aliphatic heterocycles. The number of rotatable bonds is 57. The smallest absolute Gasteiger partial charge is 0.436 e. The van der Waals surface area contributed by atoms with E-state index in [2.05, 4.69) is 23.9 Å². The minimum Gasteiger partial charge on any atom is -0.436 e. The zero-order chi connectivity index (χ0) is 88.1. The lowest BCUT2D eigenvalue weighted by Gasteiger charge is -2.45. The van der Waals surface area contributed by atoms with Crippen LogP contribution in [0.5, 0.6) is 0 Å². The molecule has 60 heteroatoms. The van der Waals surface area contributed by atoms with Crippen molar-refractivity contribution < 1.29 is 226 Å². The van der Waals surface area contributed by atoms with Crippen LogP contribution in [0.2, 0.25) is 121 Å². The molecule has 0 aromatic carbocycles. The number of hydrogen-bond acceptors (Lipinski definition) is 19. The minimum absolute atomic E-state index is 0.0421. The van der Waals surface area contributed by atoms with Crippen LogP contribution in [0.1, 0.15) is 44.9 Å². The molecule has 0 bridgehead atoms. The lowest BCUT2D eigenvalue weighted by Crippen LogP contribution is -2.67. The van der Waals surface area contributed by atoms with Gasteiger partial charge in [-0.25, -0.2) is 9.47 Å². The maximum absolute atomic E-state index is 15.7. The molecule has 0 aliphatic carbocycles. The quantitative estimate of drug-likeness (QED) is 0.0184. The fraction of sp³-hybridized carbons (Fsp3) is 1.00. The van der Waals surface area contributed by atoms with E-state index < -0.39 is 220 Å². The SMILES string of the molecule is C[SiH](O[Si](C)(C)O[Si](C)(C)O[Si](C)(CCCOC(F)(OC(F)(F)C(F)(F)C(F)(F)F)C(F)(F)F)O[Si](C)(CCCOC(F)(OC(F)(F)C(F)(OC(F)(F)C(F)(F)C(F)(F)F)C(F)(F)F)C(F)(F)F)O[Si](C)(C)CCCOF)O[Si](C)(CCCOCC1CO1)O[Si](C)(CCCOCC1CO1)O[Si](C)(C)CCCOCCC(F)(F)F. The van der Waals surface area contributed by atoms with Crippen LogP contribution in [-0.4, -0.2) is 247 Å². The molecule has 0 radical (unpaired) electrons. The van der Waals surface area contributed by atoms with Gasteiger partial charge in [0.1, 0.15) is 12.2 Å². The molecule has 113 heavy (non-hydrogen) atoms. The summed E-state index contributed by atoms with van der Waals surface area (Å²) in [7, 11) is -35.1. The molecular formula is C53H90F32O19Si9. The van der Waals surface area contributed by atoms with Gasteiger partial charge < -0.3 is 66.1 Å². The Morgan fingerprint density at radius 1 is 0.336 bits per heavy atom. The van der Waals surface area contributed by atoms with E-state index in [4.69, 9.17) is 56.6 Å². The fourth-order valence-corrected chi connectivity index (χ4v) is 55.5. The standard InChI is InChI=1S/C53H90F32O19Si9/c1-105(98-110(10,30-15-22-87-34-38-36-89-38)103-111(11,31-16-23-88-35-39-37-90-39)99-106(2,3)28-14-21-86-27-20-40(54,55)56)97-108(6,7)101-109(8,9)102-113(13,33-18-25-91-52(83,47(71,72)73)95-50(79,80)42(59,60)45(65,66)67)104-112(12,100-107(4,5)29-19-26-93-85)32-17-24-92-53(84,48(74,75)76)96-51(81,82)43(61,46(68,69)70)94-49(77,78)41(57,58)44(62,63)64/h38-39,105H,14-37H2,1-13H3. The molecule has 2 fully saturated rings. The summed E-state index contributed by atoms with van der Waals surface area (Å²) < 4.78 is 537. The van der Waals surface area contributed by atoms with Gasteiger partial charge in [0.25, 0.3) is 0 Å². The number of epoxide rings is 2. The van der Waals surface area contributed by atoms with Crippen LogP contribution < -0.4 is 0 Å². The Morgan fingerprint density at radius 3 is 1.04 bits per heavy atom. The fourth-order valence-electron chi connectivity index (χ4n) is 10.7. The van der Waals surface area contributed by atoms with E-state index >= 15 is 22.0 Å². The van der Waals surface area contributed by atoms with E-state index in [9.17, 15) is 119 Å². The van der Waals surface area contributed by atoms with Crippen molar-refractivity contribution >= 4 is 77.3 Å². The maximum Gasteiger partial charge on any atom is 0.478 e. The highest BCUT2D eigenvalue weighted by Crippen LogP contribution is 2.58. The minimum atomic E-state index is -8.31. The summed E-state index contributed by atoms with van der Waals surface area (Å²) in [6.07, 6.45) is -69.7. The van der Waals surface area contributed by atoms with E-state index in [0.717, 1.165) is 13.1 Å². The molecule has 0 aromatic rings. The Morgan fingerprint density at radius 2 is 0.673 bits per heavy atom. The Balaban J connectivity index is 2.83. The van der Waals surface area contributed by atoms with Gasteiger partial charge in [0.15, 0.2) is 16.6 Å². The highest BCUT2D eigenvalue weighted by Gasteiger charge is 2.86. The molecule has 19 nitrogen and oxygen atoms in total. The maximum atomic E-state index is 15.7. The van der Waals surface area contributed by atoms with Gasteiger partial charge in [-0.3, -0.25) is 4.74 Å². The second-order valence-corrected chi connectivity index (χ2v) is 61.2. The molecule has 2 rings (SSSR count). The van der Waals surface area contributed by atoms with Crippen LogP contribution in [0.4, 0.5) is 141 Å². The number of alkyl halides is 31. The van der Waals surface area contributed by atoms with E-state index in [0.29, 0.717) is 38.5 Å². The molecule has 2 heterocycles. The Bertz CT molecular complexity index is 2870. The average Bonchev–Trinajstić information content (AvgIpc) is 1.70. The largest absolute Gasteiger partial charge is 0.478 e. The number of ether oxygens (including phenoxy) is 10. The van der Waals surface area contributed by atoms with E-state index in [-0.39, 0.29) is 69.8 Å². The molecule has 2 aliphatic rings. The topological polar surface area (TPSA) is 182 Å². The highest BCUT2D eigenvalue weighted by atomic mass is 28.5. The normalized spacial score (nSPS) is 20.9. The summed E-state index contributed by atoms with van der Waals surface area (Å²) in [5.41, 5.74) is 0. The zero-order valence-corrected chi connectivity index (χ0v) is 71.7. The molecule has 676 valence electrons. The van der Waals surface area contributed by atoms with Gasteiger partial charge in [-0.15, -0.1) is 0 Å². The molecule has 0 amide bonds. The third-order valence-electron chi connectivity index (χ3n) is 15.3. The molecule has 10 unspecified atom stereocenters. The Labute approximate surface area is 637 Å². The van der Waals surface area contributed by atoms with Gasteiger partial charge >= 0.3 is 146 Å². The van der Waals surface area contributed by atoms with Gasteiger partial charge in [0, 0.05) is 19.8 Å². The highest BCUT2D eigenvalue weighted by molar-refractivity contribution is 6.92. The second kappa shape index (κ2) is 40.1. The predicted octanol–water partition coefficient (Wildman–Crippen LogP) is 19.0. The molecule has 0 N–H and O–H groups in total. The molecule has 0 saturated carbocycles. The van der Waals surface area contributed by atoms with Crippen molar-refractivity contribution in [3.05, 3.63) is 0 Å². The monoisotopic (exact) mass is 1890 g/mol. The Kier molecular flexibility index (Phi) is 38.3. The van der Waals surface area contributed by atoms with Crippen molar-refractivity contribution in [1.82, 2.24) is 0 Å². The lowest BCUT2D eigenvalue weighted by molar-refractivity contribution is -0.573. The zero-order valence-electron chi connectivity index (χ0n) is 62.6. The van der Waals surface area contributed by atoms with Crippen molar-refractivity contribution in [3.63, 3.8) is 0 Å². The first-order valence-corrected chi connectivity index (χ1v) is 57.9. The summed E-state index contributed by atoms with van der Waals surface area (Å²) in [4.78, 5) is 3.53. The van der Waals surface area contributed by atoms with Crippen LogP contribution in [0.3, 0.4) is 0 Å². The first kappa shape index (κ1) is 108. The van der Waals surface area contributed by atoms with Gasteiger partial charge in [-0.2, -0.15) is 141 Å². The van der Waals surface area contributed by atoms with Crippen LogP contribution in [0, 0.1) is 0 Å². The van der Waals surface area contributed by atoms with Crippen molar-refractivity contribution in [1.29, 1.82) is 0 Å². The van der Waals surface area contributed by atoms with E-state index in [1.165, 1.54) is 45.8 Å². The van der Waals surface area contributed by atoms with Gasteiger partial charge in [0.05, 0.1) is 59.3 Å². The van der Waals surface area contributed by atoms with Gasteiger partial charge in [0.2, 0.25) is 0 Å². The summed E-state index contributed by atoms with van der Waals surface area (Å²) in [6.45, 7) is 14.3. The van der Waals surface area contributed by atoms with Gasteiger partial charge in [-0.05, 0) is 164 Å². The van der Waals surface area contributed by atoms with Crippen molar-refractivity contribution in [2.75, 3.05) is 72.7 Å². The summed E-state index contributed by atoms with van der Waals surface area (Å²) >= 11 is 0. The van der Waals surface area contributed by atoms with Crippen molar-refractivity contribution in [2.45, 2.75) is 264 Å². The third-order valence-corrected chi connectivity index (χ3v) is 52.8.